The highest BCUT2D eigenvalue weighted by atomic mass is 19.4. The van der Waals surface area contributed by atoms with Gasteiger partial charge in [0, 0.05) is 31.4 Å². The van der Waals surface area contributed by atoms with Crippen LogP contribution in [0.2, 0.25) is 0 Å². The molecule has 0 radical (unpaired) electrons. The molecule has 0 aromatic carbocycles. The van der Waals surface area contributed by atoms with Gasteiger partial charge in [0.05, 0.1) is 5.69 Å². The second-order valence-electron chi connectivity index (χ2n) is 7.22. The van der Waals surface area contributed by atoms with Gasteiger partial charge in [-0.25, -0.2) is 13.6 Å². The van der Waals surface area contributed by atoms with Crippen molar-refractivity contribution in [2.24, 2.45) is 7.05 Å². The van der Waals surface area contributed by atoms with Crippen LogP contribution in [0.25, 0.3) is 0 Å². The first kappa shape index (κ1) is 18.9. The lowest BCUT2D eigenvalue weighted by Crippen LogP contribution is -2.45. The number of aromatic nitrogens is 2. The van der Waals surface area contributed by atoms with Crippen molar-refractivity contribution in [1.82, 2.24) is 15.1 Å². The molecule has 0 saturated heterocycles. The van der Waals surface area contributed by atoms with Gasteiger partial charge in [0.1, 0.15) is 11.9 Å². The van der Waals surface area contributed by atoms with E-state index in [1.807, 2.05) is 5.32 Å². The molecule has 146 valence electrons. The number of rotatable bonds is 4. The zero-order valence-corrected chi connectivity index (χ0v) is 14.5. The summed E-state index contributed by atoms with van der Waals surface area (Å²) in [4.78, 5) is 12.0. The zero-order valence-electron chi connectivity index (χ0n) is 14.5. The summed E-state index contributed by atoms with van der Waals surface area (Å²) in [6.45, 7) is 0.845. The summed E-state index contributed by atoms with van der Waals surface area (Å²) in [7, 11) is 1.55. The van der Waals surface area contributed by atoms with Crippen LogP contribution >= 0.6 is 0 Å². The Kier molecular flexibility index (Phi) is 4.64. The molecule has 0 aliphatic heterocycles. The van der Waals surface area contributed by atoms with Crippen LogP contribution in [-0.2, 0) is 7.05 Å². The maximum atomic E-state index is 13.3. The van der Waals surface area contributed by atoms with Crippen molar-refractivity contribution in [1.29, 1.82) is 0 Å². The third-order valence-corrected chi connectivity index (χ3v) is 5.17. The standard InChI is InChI=1S/C16H21F5N4O/c1-8(16(19,20)21)22-14(26)23-13-11(9-4-3-5-9)12(24-25(13)2)10-6-15(17,18)7-10/h8-10H,3-7H2,1-2H3,(H2,22,23,26). The van der Waals surface area contributed by atoms with E-state index in [2.05, 4.69) is 10.4 Å². The number of alkyl halides is 5. The number of halogens is 5. The van der Waals surface area contributed by atoms with Crippen molar-refractivity contribution in [2.45, 2.75) is 69.0 Å². The monoisotopic (exact) mass is 380 g/mol. The summed E-state index contributed by atoms with van der Waals surface area (Å²) < 4.78 is 65.7. The van der Waals surface area contributed by atoms with Gasteiger partial charge in [0.2, 0.25) is 5.92 Å². The van der Waals surface area contributed by atoms with Crippen LogP contribution in [0.5, 0.6) is 0 Å². The molecule has 26 heavy (non-hydrogen) atoms. The summed E-state index contributed by atoms with van der Waals surface area (Å²) in [5, 5.41) is 8.58. The molecule has 3 rings (SSSR count). The van der Waals surface area contributed by atoms with Gasteiger partial charge in [-0.3, -0.25) is 10.00 Å². The molecule has 1 aromatic heterocycles. The number of hydrogen-bond donors (Lipinski definition) is 2. The van der Waals surface area contributed by atoms with Crippen molar-refractivity contribution in [3.8, 4) is 0 Å². The summed E-state index contributed by atoms with van der Waals surface area (Å²) >= 11 is 0. The average molecular weight is 380 g/mol. The smallest absolute Gasteiger partial charge is 0.326 e. The van der Waals surface area contributed by atoms with Gasteiger partial charge >= 0.3 is 12.2 Å². The molecule has 0 spiro atoms. The second-order valence-corrected chi connectivity index (χ2v) is 7.22. The highest BCUT2D eigenvalue weighted by molar-refractivity contribution is 5.89. The lowest BCUT2D eigenvalue weighted by Gasteiger charge is -2.36. The predicted molar refractivity (Wildman–Crippen MR) is 84.4 cm³/mol. The zero-order chi connectivity index (χ0) is 19.3. The number of nitrogens with one attached hydrogen (secondary N) is 2. The molecule has 2 amide bonds. The van der Waals surface area contributed by atoms with Gasteiger partial charge in [0.25, 0.3) is 0 Å². The van der Waals surface area contributed by atoms with E-state index in [-0.39, 0.29) is 30.5 Å². The fourth-order valence-electron chi connectivity index (χ4n) is 3.39. The minimum Gasteiger partial charge on any atom is -0.326 e. The highest BCUT2D eigenvalue weighted by Crippen LogP contribution is 2.52. The Hall–Kier alpha value is -1.87. The van der Waals surface area contributed by atoms with Crippen LogP contribution in [0.1, 0.15) is 62.1 Å². The molecule has 2 aliphatic carbocycles. The van der Waals surface area contributed by atoms with E-state index in [0.29, 0.717) is 11.3 Å². The van der Waals surface area contributed by atoms with E-state index >= 15 is 0 Å². The summed E-state index contributed by atoms with van der Waals surface area (Å²) in [5.74, 6) is -2.72. The van der Waals surface area contributed by atoms with Crippen LogP contribution < -0.4 is 10.6 Å². The molecule has 10 heteroatoms. The molecule has 1 atom stereocenters. The van der Waals surface area contributed by atoms with E-state index in [1.54, 1.807) is 7.05 Å². The summed E-state index contributed by atoms with van der Waals surface area (Å²) in [6, 6.07) is -3.00. The lowest BCUT2D eigenvalue weighted by atomic mass is 9.73. The Bertz CT molecular complexity index is 688. The van der Waals surface area contributed by atoms with Gasteiger partial charge < -0.3 is 5.32 Å². The van der Waals surface area contributed by atoms with Crippen LogP contribution in [0, 0.1) is 0 Å². The van der Waals surface area contributed by atoms with E-state index < -0.39 is 24.2 Å². The third kappa shape index (κ3) is 3.64. The third-order valence-electron chi connectivity index (χ3n) is 5.17. The van der Waals surface area contributed by atoms with Crippen molar-refractivity contribution >= 4 is 11.8 Å². The molecule has 1 unspecified atom stereocenters. The van der Waals surface area contributed by atoms with Gasteiger partial charge in [-0.2, -0.15) is 18.3 Å². The van der Waals surface area contributed by atoms with Crippen LogP contribution in [0.4, 0.5) is 32.6 Å². The molecule has 1 heterocycles. The maximum Gasteiger partial charge on any atom is 0.408 e. The number of carbonyl (C=O) groups excluding carboxylic acids is 1. The van der Waals surface area contributed by atoms with Crippen LogP contribution in [0.3, 0.4) is 0 Å². The van der Waals surface area contributed by atoms with Crippen molar-refractivity contribution in [3.63, 3.8) is 0 Å². The Morgan fingerprint density at radius 1 is 1.27 bits per heavy atom. The molecular formula is C16H21F5N4O. The Labute approximate surface area is 147 Å². The number of aryl methyl sites for hydroxylation is 1. The highest BCUT2D eigenvalue weighted by Gasteiger charge is 2.49. The normalized spacial score (nSPS) is 21.7. The van der Waals surface area contributed by atoms with E-state index in [1.165, 1.54) is 4.68 Å². The number of hydrogen-bond acceptors (Lipinski definition) is 2. The van der Waals surface area contributed by atoms with Crippen molar-refractivity contribution in [3.05, 3.63) is 11.3 Å². The predicted octanol–water partition coefficient (Wildman–Crippen LogP) is 4.27. The fourth-order valence-corrected chi connectivity index (χ4v) is 3.39. The van der Waals surface area contributed by atoms with Gasteiger partial charge in [-0.05, 0) is 25.7 Å². The van der Waals surface area contributed by atoms with Crippen molar-refractivity contribution in [2.75, 3.05) is 5.32 Å². The lowest BCUT2D eigenvalue weighted by molar-refractivity contribution is -0.148. The summed E-state index contributed by atoms with van der Waals surface area (Å²) in [5.41, 5.74) is 1.22. The molecule has 2 fully saturated rings. The molecule has 2 N–H and O–H groups in total. The number of anilines is 1. The quantitative estimate of drug-likeness (QED) is 0.767. The number of nitrogens with zero attached hydrogens (tertiary/aromatic N) is 2. The Morgan fingerprint density at radius 2 is 1.88 bits per heavy atom. The topological polar surface area (TPSA) is 59.0 Å². The SMILES string of the molecule is CC(NC(=O)Nc1c(C2CCC2)c(C2CC(F)(F)C2)nn1C)C(F)(F)F. The molecule has 1 aromatic rings. The van der Waals surface area contributed by atoms with Crippen LogP contribution in [0.15, 0.2) is 0 Å². The molecule has 2 aliphatic rings. The second kappa shape index (κ2) is 6.38. The maximum absolute atomic E-state index is 13.3. The first-order valence-electron chi connectivity index (χ1n) is 8.57. The fraction of sp³-hybridized carbons (Fsp3) is 0.750. The van der Waals surface area contributed by atoms with Gasteiger partial charge in [-0.15, -0.1) is 0 Å². The number of amides is 2. The Balaban J connectivity index is 1.80. The first-order chi connectivity index (χ1) is 12.0. The van der Waals surface area contributed by atoms with Gasteiger partial charge in [-0.1, -0.05) is 6.42 Å². The largest absolute Gasteiger partial charge is 0.408 e. The minimum absolute atomic E-state index is 0.0864. The number of carbonyl (C=O) groups is 1. The Morgan fingerprint density at radius 3 is 2.35 bits per heavy atom. The first-order valence-corrected chi connectivity index (χ1v) is 8.57. The molecule has 0 bridgehead atoms. The van der Waals surface area contributed by atoms with E-state index in [0.717, 1.165) is 26.2 Å². The molecular weight excluding hydrogens is 359 g/mol. The summed E-state index contributed by atoms with van der Waals surface area (Å²) in [6.07, 6.45) is -2.46. The minimum atomic E-state index is -4.55. The van der Waals surface area contributed by atoms with Crippen LogP contribution in [-0.4, -0.2) is 34.0 Å². The van der Waals surface area contributed by atoms with Crippen molar-refractivity contribution < 1.29 is 26.7 Å². The van der Waals surface area contributed by atoms with E-state index in [9.17, 15) is 26.7 Å². The number of urea groups is 1. The van der Waals surface area contributed by atoms with E-state index in [4.69, 9.17) is 0 Å². The van der Waals surface area contributed by atoms with Gasteiger partial charge in [0.15, 0.2) is 0 Å². The molecule has 2 saturated carbocycles. The average Bonchev–Trinajstić information content (AvgIpc) is 2.71. The molecule has 5 nitrogen and oxygen atoms in total.